The van der Waals surface area contributed by atoms with E-state index in [0.29, 0.717) is 22.3 Å². The third-order valence-electron chi connectivity index (χ3n) is 7.20. The summed E-state index contributed by atoms with van der Waals surface area (Å²) >= 11 is 0. The van der Waals surface area contributed by atoms with Crippen LogP contribution in [0.2, 0.25) is 0 Å². The minimum atomic E-state index is -2.41. The lowest BCUT2D eigenvalue weighted by Crippen LogP contribution is -2.67. The van der Waals surface area contributed by atoms with Crippen LogP contribution in [0.15, 0.2) is 47.3 Å². The Hall–Kier alpha value is -3.07. The molecule has 3 aliphatic rings. The van der Waals surface area contributed by atoms with E-state index in [2.05, 4.69) is 6.58 Å². The standard InChI is InChI=1S/C24H26N2O6/c1-9-7-6-8-12-10(2)14-15(19(27)13(9)12)11(3)24(32)17(20(14)28)18(26(4)5)21(29)16(22(24)30)23(25)31/h6-8,14,17-18,20,28-29,32H,2H2,1,3-5H3,(H2,25,31)/t14-,17-,18+,20+,24?/m1/s1. The van der Waals surface area contributed by atoms with Gasteiger partial charge in [0, 0.05) is 23.0 Å². The Labute approximate surface area is 185 Å². The first kappa shape index (κ1) is 22.1. The molecular formula is C24H26N2O6. The minimum Gasteiger partial charge on any atom is -0.510 e. The highest BCUT2D eigenvalue weighted by Crippen LogP contribution is 2.54. The van der Waals surface area contributed by atoms with Crippen molar-refractivity contribution in [2.45, 2.75) is 31.6 Å². The molecule has 0 saturated carbocycles. The number of aliphatic hydroxyl groups excluding tert-OH is 2. The van der Waals surface area contributed by atoms with E-state index in [1.54, 1.807) is 39.2 Å². The van der Waals surface area contributed by atoms with Gasteiger partial charge < -0.3 is 21.1 Å². The van der Waals surface area contributed by atoms with Crippen LogP contribution in [0.4, 0.5) is 0 Å². The summed E-state index contributed by atoms with van der Waals surface area (Å²) in [6.07, 6.45) is -1.45. The van der Waals surface area contributed by atoms with Gasteiger partial charge in [-0.3, -0.25) is 19.3 Å². The van der Waals surface area contributed by atoms with Gasteiger partial charge in [0.25, 0.3) is 5.91 Å². The van der Waals surface area contributed by atoms with E-state index in [1.165, 1.54) is 11.8 Å². The molecule has 4 rings (SSSR count). The van der Waals surface area contributed by atoms with Gasteiger partial charge in [-0.2, -0.15) is 0 Å². The van der Waals surface area contributed by atoms with Crippen LogP contribution < -0.4 is 5.73 Å². The van der Waals surface area contributed by atoms with Crippen molar-refractivity contribution in [3.63, 3.8) is 0 Å². The van der Waals surface area contributed by atoms with E-state index in [9.17, 15) is 29.7 Å². The number of benzene rings is 1. The summed E-state index contributed by atoms with van der Waals surface area (Å²) < 4.78 is 0. The second-order valence-electron chi connectivity index (χ2n) is 9.01. The van der Waals surface area contributed by atoms with Crippen LogP contribution in [-0.2, 0) is 9.59 Å². The molecule has 1 aromatic rings. The molecular weight excluding hydrogens is 412 g/mol. The lowest BCUT2D eigenvalue weighted by molar-refractivity contribution is -0.153. The number of amides is 1. The van der Waals surface area contributed by atoms with Gasteiger partial charge in [0.2, 0.25) is 5.78 Å². The number of nitrogens with zero attached hydrogens (tertiary/aromatic N) is 1. The Bertz CT molecular complexity index is 1180. The van der Waals surface area contributed by atoms with Crippen LogP contribution in [0.5, 0.6) is 0 Å². The number of hydrogen-bond acceptors (Lipinski definition) is 7. The first-order valence-corrected chi connectivity index (χ1v) is 10.3. The molecule has 168 valence electrons. The molecule has 5 N–H and O–H groups in total. The number of hydrogen-bond donors (Lipinski definition) is 4. The molecule has 0 aliphatic heterocycles. The Morgan fingerprint density at radius 1 is 1.22 bits per heavy atom. The summed E-state index contributed by atoms with van der Waals surface area (Å²) in [5.41, 5.74) is 4.53. The summed E-state index contributed by atoms with van der Waals surface area (Å²) in [7, 11) is 3.16. The van der Waals surface area contributed by atoms with Crippen LogP contribution in [0.3, 0.4) is 0 Å². The molecule has 1 amide bonds. The van der Waals surface area contributed by atoms with Crippen LogP contribution >= 0.6 is 0 Å². The minimum absolute atomic E-state index is 0.0287. The van der Waals surface area contributed by atoms with Crippen molar-refractivity contribution in [3.8, 4) is 0 Å². The first-order valence-electron chi connectivity index (χ1n) is 10.3. The van der Waals surface area contributed by atoms with E-state index in [4.69, 9.17) is 5.73 Å². The maximum absolute atomic E-state index is 13.6. The highest BCUT2D eigenvalue weighted by atomic mass is 16.3. The summed E-state index contributed by atoms with van der Waals surface area (Å²) in [6, 6.07) is 4.21. The van der Waals surface area contributed by atoms with Crippen molar-refractivity contribution in [1.29, 1.82) is 0 Å². The SMILES string of the molecule is C=C1c2cccc(C)c2C(=O)C2=C(C)C3(O)C(=O)C(C(N)=O)=C(O)[C@@H](N(C)C)[C@@H]3[C@@H](O)[C@H]12. The van der Waals surface area contributed by atoms with Crippen LogP contribution in [0, 0.1) is 18.8 Å². The van der Waals surface area contributed by atoms with E-state index in [1.807, 2.05) is 0 Å². The van der Waals surface area contributed by atoms with Gasteiger partial charge in [0.1, 0.15) is 11.3 Å². The fraction of sp³-hybridized carbons (Fsp3) is 0.375. The number of likely N-dealkylation sites (N-methyl/N-ethyl adjacent to an activating group) is 1. The van der Waals surface area contributed by atoms with Crippen molar-refractivity contribution < 1.29 is 29.7 Å². The molecule has 3 aliphatic carbocycles. The zero-order chi connectivity index (χ0) is 23.9. The number of nitrogens with two attached hydrogens (primary N) is 1. The van der Waals surface area contributed by atoms with Crippen molar-refractivity contribution in [1.82, 2.24) is 4.90 Å². The highest BCUT2D eigenvalue weighted by molar-refractivity contribution is 6.25. The Morgan fingerprint density at radius 2 is 1.84 bits per heavy atom. The normalized spacial score (nSPS) is 32.2. The molecule has 0 aromatic heterocycles. The van der Waals surface area contributed by atoms with E-state index in [-0.39, 0.29) is 11.1 Å². The van der Waals surface area contributed by atoms with Crippen molar-refractivity contribution in [2.75, 3.05) is 14.1 Å². The van der Waals surface area contributed by atoms with Crippen LogP contribution in [0.1, 0.15) is 28.4 Å². The fourth-order valence-corrected chi connectivity index (χ4v) is 5.71. The van der Waals surface area contributed by atoms with E-state index >= 15 is 0 Å². The Morgan fingerprint density at radius 3 is 2.41 bits per heavy atom. The second kappa shape index (κ2) is 6.96. The molecule has 1 aromatic carbocycles. The zero-order valence-electron chi connectivity index (χ0n) is 18.3. The Kier molecular flexibility index (Phi) is 4.82. The van der Waals surface area contributed by atoms with Gasteiger partial charge >= 0.3 is 0 Å². The van der Waals surface area contributed by atoms with Crippen molar-refractivity contribution in [2.24, 2.45) is 17.6 Å². The summed E-state index contributed by atoms with van der Waals surface area (Å²) in [6.45, 7) is 7.36. The topological polar surface area (TPSA) is 141 Å². The number of carbonyl (C=O) groups excluding carboxylic acids is 3. The lowest BCUT2D eigenvalue weighted by atomic mass is 9.54. The highest BCUT2D eigenvalue weighted by Gasteiger charge is 2.65. The molecule has 0 fully saturated rings. The molecule has 0 spiro atoms. The van der Waals surface area contributed by atoms with Gasteiger partial charge in [-0.05, 0) is 50.2 Å². The predicted molar refractivity (Wildman–Crippen MR) is 117 cm³/mol. The number of primary amides is 1. The number of aryl methyl sites for hydroxylation is 1. The van der Waals surface area contributed by atoms with Gasteiger partial charge in [-0.1, -0.05) is 24.8 Å². The molecule has 32 heavy (non-hydrogen) atoms. The summed E-state index contributed by atoms with van der Waals surface area (Å²) in [5, 5.41) is 34.1. The molecule has 5 atom stereocenters. The molecule has 0 saturated heterocycles. The summed E-state index contributed by atoms with van der Waals surface area (Å²) in [5.74, 6) is -5.49. The monoisotopic (exact) mass is 438 g/mol. The fourth-order valence-electron chi connectivity index (χ4n) is 5.71. The lowest BCUT2D eigenvalue weighted by Gasteiger charge is -2.54. The molecule has 8 nitrogen and oxygen atoms in total. The average molecular weight is 438 g/mol. The van der Waals surface area contributed by atoms with Crippen LogP contribution in [-0.4, -0.2) is 69.5 Å². The number of rotatable bonds is 2. The molecule has 0 radical (unpaired) electrons. The maximum atomic E-state index is 13.6. The predicted octanol–water partition coefficient (Wildman–Crippen LogP) is 0.669. The number of Topliss-reactive ketones (excluding diaryl/α,β-unsaturated/α-hetero) is 2. The van der Waals surface area contributed by atoms with Crippen LogP contribution in [0.25, 0.3) is 5.57 Å². The molecule has 0 bridgehead atoms. The second-order valence-corrected chi connectivity index (χ2v) is 9.01. The number of carbonyl (C=O) groups is 3. The zero-order valence-corrected chi connectivity index (χ0v) is 18.3. The van der Waals surface area contributed by atoms with E-state index < -0.39 is 58.4 Å². The van der Waals surface area contributed by atoms with Gasteiger partial charge in [0.15, 0.2) is 11.4 Å². The van der Waals surface area contributed by atoms with Crippen molar-refractivity contribution in [3.05, 3.63) is 63.9 Å². The average Bonchev–Trinajstić information content (AvgIpc) is 2.70. The third kappa shape index (κ3) is 2.51. The van der Waals surface area contributed by atoms with Gasteiger partial charge in [0.05, 0.1) is 12.1 Å². The number of fused-ring (bicyclic) bond motifs is 3. The quantitative estimate of drug-likeness (QED) is 0.497. The number of ketones is 2. The first-order chi connectivity index (χ1) is 14.9. The van der Waals surface area contributed by atoms with Gasteiger partial charge in [-0.15, -0.1) is 0 Å². The number of aliphatic hydroxyl groups is 3. The smallest absolute Gasteiger partial charge is 0.255 e. The Balaban J connectivity index is 2.07. The molecule has 8 heteroatoms. The molecule has 0 heterocycles. The summed E-state index contributed by atoms with van der Waals surface area (Å²) in [4.78, 5) is 40.5. The van der Waals surface area contributed by atoms with E-state index in [0.717, 1.165) is 0 Å². The van der Waals surface area contributed by atoms with Crippen molar-refractivity contribution >= 4 is 23.0 Å². The molecule has 1 unspecified atom stereocenters. The van der Waals surface area contributed by atoms with Gasteiger partial charge in [-0.25, -0.2) is 0 Å². The third-order valence-corrected chi connectivity index (χ3v) is 7.20. The largest absolute Gasteiger partial charge is 0.510 e. The maximum Gasteiger partial charge on any atom is 0.255 e.